The molecule has 0 bridgehead atoms. The van der Waals surface area contributed by atoms with Gasteiger partial charge < -0.3 is 5.32 Å². The van der Waals surface area contributed by atoms with Crippen molar-refractivity contribution in [2.24, 2.45) is 5.92 Å². The number of hydrogen-bond acceptors (Lipinski definition) is 2. The number of alkyl halides is 2. The monoisotopic (exact) mass is 282 g/mol. The normalized spacial score (nSPS) is 18.3. The molecule has 106 valence electrons. The third kappa shape index (κ3) is 3.10. The molecule has 0 radical (unpaired) electrons. The molecule has 1 N–H and O–H groups in total. The number of nitrogens with one attached hydrogen (secondary N) is 1. The summed E-state index contributed by atoms with van der Waals surface area (Å²) in [5.41, 5.74) is -0.170. The van der Waals surface area contributed by atoms with Crippen molar-refractivity contribution in [2.75, 3.05) is 5.32 Å². The average Bonchev–Trinajstić information content (AvgIpc) is 2.38. The molecule has 2 rings (SSSR count). The van der Waals surface area contributed by atoms with Gasteiger partial charge in [0.2, 0.25) is 11.8 Å². The predicted molar refractivity (Wildman–Crippen MR) is 66.6 cm³/mol. The minimum atomic E-state index is -2.70. The minimum Gasteiger partial charge on any atom is -0.325 e. The van der Waals surface area contributed by atoms with Crippen LogP contribution in [-0.4, -0.2) is 11.8 Å². The average molecular weight is 282 g/mol. The van der Waals surface area contributed by atoms with E-state index in [0.29, 0.717) is 0 Å². The van der Waals surface area contributed by atoms with Gasteiger partial charge in [-0.1, -0.05) is 6.07 Å². The number of amides is 1. The van der Waals surface area contributed by atoms with Crippen LogP contribution < -0.4 is 5.32 Å². The standard InChI is InChI=1S/C14H13F3N2O/c15-11-2-1-3-12(10(11)8-18)19-13(20)9-4-6-14(16,17)7-5-9/h1-3,9H,4-7H2,(H,19,20). The number of anilines is 1. The highest BCUT2D eigenvalue weighted by atomic mass is 19.3. The fourth-order valence-electron chi connectivity index (χ4n) is 2.28. The molecule has 1 fully saturated rings. The number of rotatable bonds is 2. The Bertz CT molecular complexity index is 556. The van der Waals surface area contributed by atoms with E-state index in [1.54, 1.807) is 6.07 Å². The minimum absolute atomic E-state index is 0.0785. The third-order valence-corrected chi connectivity index (χ3v) is 3.47. The van der Waals surface area contributed by atoms with Gasteiger partial charge in [-0.3, -0.25) is 4.79 Å². The van der Waals surface area contributed by atoms with Crippen molar-refractivity contribution in [3.8, 4) is 6.07 Å². The van der Waals surface area contributed by atoms with Crippen LogP contribution in [0.25, 0.3) is 0 Å². The van der Waals surface area contributed by atoms with Crippen molar-refractivity contribution in [1.29, 1.82) is 5.26 Å². The highest BCUT2D eigenvalue weighted by Gasteiger charge is 2.37. The van der Waals surface area contributed by atoms with Crippen LogP contribution in [0.5, 0.6) is 0 Å². The van der Waals surface area contributed by atoms with Crippen LogP contribution >= 0.6 is 0 Å². The molecule has 0 spiro atoms. The Balaban J connectivity index is 2.06. The maximum Gasteiger partial charge on any atom is 0.248 e. The lowest BCUT2D eigenvalue weighted by molar-refractivity contribution is -0.124. The van der Waals surface area contributed by atoms with Gasteiger partial charge in [0.1, 0.15) is 17.4 Å². The first-order valence-electron chi connectivity index (χ1n) is 6.30. The highest BCUT2D eigenvalue weighted by Crippen LogP contribution is 2.36. The number of nitrogens with zero attached hydrogens (tertiary/aromatic N) is 1. The molecule has 1 aliphatic rings. The summed E-state index contributed by atoms with van der Waals surface area (Å²) >= 11 is 0. The quantitative estimate of drug-likeness (QED) is 0.903. The lowest BCUT2D eigenvalue weighted by atomic mass is 9.86. The van der Waals surface area contributed by atoms with E-state index < -0.39 is 23.6 Å². The SMILES string of the molecule is N#Cc1c(F)cccc1NC(=O)C1CCC(F)(F)CC1. The molecule has 0 aromatic heterocycles. The van der Waals surface area contributed by atoms with E-state index in [4.69, 9.17) is 5.26 Å². The molecule has 0 aliphatic heterocycles. The van der Waals surface area contributed by atoms with E-state index in [0.717, 1.165) is 6.07 Å². The summed E-state index contributed by atoms with van der Waals surface area (Å²) in [6, 6.07) is 5.59. The van der Waals surface area contributed by atoms with E-state index >= 15 is 0 Å². The molecule has 0 saturated heterocycles. The van der Waals surface area contributed by atoms with Crippen molar-refractivity contribution in [1.82, 2.24) is 0 Å². The summed E-state index contributed by atoms with van der Waals surface area (Å²) in [5.74, 6) is -4.39. The Labute approximate surface area is 114 Å². The zero-order valence-corrected chi connectivity index (χ0v) is 10.6. The summed E-state index contributed by atoms with van der Waals surface area (Å²) in [5, 5.41) is 11.3. The molecular formula is C14H13F3N2O. The summed E-state index contributed by atoms with van der Waals surface area (Å²) < 4.78 is 39.4. The van der Waals surface area contributed by atoms with Crippen LogP contribution in [-0.2, 0) is 4.79 Å². The van der Waals surface area contributed by atoms with Gasteiger partial charge in [-0.15, -0.1) is 0 Å². The zero-order chi connectivity index (χ0) is 14.8. The van der Waals surface area contributed by atoms with E-state index in [-0.39, 0.29) is 36.9 Å². The molecule has 1 aromatic rings. The first-order valence-corrected chi connectivity index (χ1v) is 6.30. The molecule has 1 saturated carbocycles. The molecule has 20 heavy (non-hydrogen) atoms. The van der Waals surface area contributed by atoms with Crippen LogP contribution in [0.3, 0.4) is 0 Å². The number of halogens is 3. The van der Waals surface area contributed by atoms with Gasteiger partial charge in [0.25, 0.3) is 0 Å². The second kappa shape index (κ2) is 5.53. The lowest BCUT2D eigenvalue weighted by Crippen LogP contribution is -2.32. The maximum atomic E-state index is 13.4. The smallest absolute Gasteiger partial charge is 0.248 e. The van der Waals surface area contributed by atoms with Crippen LogP contribution in [0, 0.1) is 23.1 Å². The van der Waals surface area contributed by atoms with Crippen molar-refractivity contribution >= 4 is 11.6 Å². The molecule has 0 atom stereocenters. The summed E-state index contributed by atoms with van der Waals surface area (Å²) in [7, 11) is 0. The Hall–Kier alpha value is -2.03. The number of hydrogen-bond donors (Lipinski definition) is 1. The van der Waals surface area contributed by atoms with Crippen molar-refractivity contribution in [3.05, 3.63) is 29.6 Å². The molecule has 6 heteroatoms. The highest BCUT2D eigenvalue weighted by molar-refractivity contribution is 5.93. The van der Waals surface area contributed by atoms with E-state index in [2.05, 4.69) is 5.32 Å². The number of carbonyl (C=O) groups excluding carboxylic acids is 1. The predicted octanol–water partition coefficient (Wildman–Crippen LogP) is 3.46. The molecule has 1 amide bonds. The van der Waals surface area contributed by atoms with Gasteiger partial charge in [0, 0.05) is 18.8 Å². The van der Waals surface area contributed by atoms with Gasteiger partial charge in [0.15, 0.2) is 0 Å². The van der Waals surface area contributed by atoms with Crippen LogP contribution in [0.15, 0.2) is 18.2 Å². The number of benzene rings is 1. The van der Waals surface area contributed by atoms with E-state index in [1.165, 1.54) is 12.1 Å². The topological polar surface area (TPSA) is 52.9 Å². The fourth-order valence-corrected chi connectivity index (χ4v) is 2.28. The molecule has 0 unspecified atom stereocenters. The van der Waals surface area contributed by atoms with Crippen molar-refractivity contribution < 1.29 is 18.0 Å². The van der Waals surface area contributed by atoms with Crippen LogP contribution in [0.1, 0.15) is 31.2 Å². The molecule has 1 aromatic carbocycles. The molecule has 3 nitrogen and oxygen atoms in total. The summed E-state index contributed by atoms with van der Waals surface area (Å²) in [4.78, 5) is 12.0. The zero-order valence-electron chi connectivity index (χ0n) is 10.6. The fraction of sp³-hybridized carbons (Fsp3) is 0.429. The summed E-state index contributed by atoms with van der Waals surface area (Å²) in [6.07, 6.45) is -0.454. The molecular weight excluding hydrogens is 269 g/mol. The Kier molecular flexibility index (Phi) is 3.98. The first-order chi connectivity index (χ1) is 9.43. The van der Waals surface area contributed by atoms with Gasteiger partial charge in [-0.25, -0.2) is 13.2 Å². The van der Waals surface area contributed by atoms with Gasteiger partial charge in [-0.05, 0) is 25.0 Å². The number of nitriles is 1. The van der Waals surface area contributed by atoms with E-state index in [9.17, 15) is 18.0 Å². The third-order valence-electron chi connectivity index (χ3n) is 3.47. The summed E-state index contributed by atoms with van der Waals surface area (Å²) in [6.45, 7) is 0. The Morgan fingerprint density at radius 1 is 1.35 bits per heavy atom. The van der Waals surface area contributed by atoms with Crippen molar-refractivity contribution in [3.63, 3.8) is 0 Å². The van der Waals surface area contributed by atoms with Gasteiger partial charge in [-0.2, -0.15) is 5.26 Å². The van der Waals surface area contributed by atoms with Gasteiger partial charge in [0.05, 0.1) is 5.69 Å². The second-order valence-electron chi connectivity index (χ2n) is 4.89. The molecule has 0 heterocycles. The largest absolute Gasteiger partial charge is 0.325 e. The maximum absolute atomic E-state index is 13.4. The lowest BCUT2D eigenvalue weighted by Gasteiger charge is -2.27. The van der Waals surface area contributed by atoms with E-state index in [1.807, 2.05) is 0 Å². The number of carbonyl (C=O) groups is 1. The van der Waals surface area contributed by atoms with Crippen LogP contribution in [0.4, 0.5) is 18.9 Å². The Morgan fingerprint density at radius 3 is 2.60 bits per heavy atom. The Morgan fingerprint density at radius 2 is 2.00 bits per heavy atom. The molecule has 1 aliphatic carbocycles. The van der Waals surface area contributed by atoms with Crippen LogP contribution in [0.2, 0.25) is 0 Å². The van der Waals surface area contributed by atoms with Crippen molar-refractivity contribution in [2.45, 2.75) is 31.6 Å². The second-order valence-corrected chi connectivity index (χ2v) is 4.89. The first kappa shape index (κ1) is 14.4. The van der Waals surface area contributed by atoms with Gasteiger partial charge >= 0.3 is 0 Å².